The van der Waals surface area contributed by atoms with Gasteiger partial charge in [0.05, 0.1) is 18.8 Å². The molecule has 2 aromatic heterocycles. The van der Waals surface area contributed by atoms with Crippen LogP contribution in [0.15, 0.2) is 59.0 Å². The average molecular weight is 407 g/mol. The molecule has 0 spiro atoms. The average Bonchev–Trinajstić information content (AvgIpc) is 3.01. The molecule has 0 radical (unpaired) electrons. The number of hydroxylamine groups is 1. The van der Waals surface area contributed by atoms with Gasteiger partial charge < -0.3 is 10.5 Å². The molecule has 0 unspecified atom stereocenters. The van der Waals surface area contributed by atoms with Gasteiger partial charge in [-0.05, 0) is 35.9 Å². The maximum atomic E-state index is 12.9. The van der Waals surface area contributed by atoms with Crippen LogP contribution in [0.3, 0.4) is 0 Å². The molecular weight excluding hydrogens is 389 g/mol. The second-order valence-corrected chi connectivity index (χ2v) is 6.06. The van der Waals surface area contributed by atoms with Crippen LogP contribution >= 0.6 is 0 Å². The Morgan fingerprint density at radius 1 is 1.24 bits per heavy atom. The third kappa shape index (κ3) is 4.82. The molecule has 29 heavy (non-hydrogen) atoms. The molecule has 1 aromatic carbocycles. The lowest BCUT2D eigenvalue weighted by molar-refractivity contribution is -0.512. The molecular formula is C18H18F3N6O2+. The van der Waals surface area contributed by atoms with Crippen molar-refractivity contribution >= 4 is 17.8 Å². The zero-order valence-corrected chi connectivity index (χ0v) is 15.3. The number of guanidine groups is 1. The summed E-state index contributed by atoms with van der Waals surface area (Å²) in [5.41, 5.74) is 8.20. The van der Waals surface area contributed by atoms with E-state index in [0.717, 1.165) is 17.8 Å². The molecule has 0 aliphatic carbocycles. The number of nitrogens with zero attached hydrogens (tertiary/aromatic N) is 4. The summed E-state index contributed by atoms with van der Waals surface area (Å²) in [4.78, 5) is 0. The topological polar surface area (TPSA) is 101 Å². The molecule has 0 bridgehead atoms. The molecule has 0 fully saturated rings. The van der Waals surface area contributed by atoms with Crippen molar-refractivity contribution < 1.29 is 27.5 Å². The van der Waals surface area contributed by atoms with E-state index in [0.29, 0.717) is 17.1 Å². The molecule has 11 heteroatoms. The van der Waals surface area contributed by atoms with Crippen LogP contribution in [0, 0.1) is 0 Å². The van der Waals surface area contributed by atoms with Crippen LogP contribution in [0.25, 0.3) is 5.65 Å². The van der Waals surface area contributed by atoms with Gasteiger partial charge in [-0.25, -0.2) is 14.4 Å². The third-order valence-corrected chi connectivity index (χ3v) is 4.10. The van der Waals surface area contributed by atoms with E-state index >= 15 is 0 Å². The molecule has 0 amide bonds. The number of nitrogens with one attached hydrogen (secondary N) is 1. The highest BCUT2D eigenvalue weighted by Crippen LogP contribution is 2.28. The van der Waals surface area contributed by atoms with Crippen molar-refractivity contribution in [3.8, 4) is 5.75 Å². The number of pyridine rings is 1. The van der Waals surface area contributed by atoms with Crippen molar-refractivity contribution in [1.29, 1.82) is 0 Å². The van der Waals surface area contributed by atoms with Crippen LogP contribution in [0.4, 0.5) is 13.2 Å². The molecule has 0 saturated heterocycles. The van der Waals surface area contributed by atoms with Crippen LogP contribution in [-0.4, -0.2) is 21.9 Å². The number of halogens is 3. The van der Waals surface area contributed by atoms with Gasteiger partial charge in [0, 0.05) is 6.07 Å². The fourth-order valence-corrected chi connectivity index (χ4v) is 2.58. The summed E-state index contributed by atoms with van der Waals surface area (Å²) >= 11 is 0. The maximum Gasteiger partial charge on any atom is 0.419 e. The SMILES string of the molecule is Cn1c(COc2ccc(/C=N/N=C(N)NO)cc2)c[n+]2cc(C(F)(F)F)ccc12. The van der Waals surface area contributed by atoms with E-state index in [4.69, 9.17) is 15.7 Å². The first kappa shape index (κ1) is 20.1. The predicted octanol–water partition coefficient (Wildman–Crippen LogP) is 1.99. The predicted molar refractivity (Wildman–Crippen MR) is 98.5 cm³/mol. The first-order chi connectivity index (χ1) is 13.8. The summed E-state index contributed by atoms with van der Waals surface area (Å²) in [6.45, 7) is 0.177. The maximum absolute atomic E-state index is 12.9. The monoisotopic (exact) mass is 407 g/mol. The van der Waals surface area contributed by atoms with Crippen molar-refractivity contribution in [2.45, 2.75) is 12.8 Å². The highest BCUT2D eigenvalue weighted by atomic mass is 19.4. The lowest BCUT2D eigenvalue weighted by atomic mass is 10.2. The zero-order valence-electron chi connectivity index (χ0n) is 15.3. The number of alkyl halides is 3. The van der Waals surface area contributed by atoms with E-state index in [1.54, 1.807) is 47.6 Å². The summed E-state index contributed by atoms with van der Waals surface area (Å²) in [5.74, 6) is 0.338. The van der Waals surface area contributed by atoms with Crippen LogP contribution < -0.4 is 20.4 Å². The highest BCUT2D eigenvalue weighted by Gasteiger charge is 2.32. The fraction of sp³-hybridized carbons (Fsp3) is 0.167. The van der Waals surface area contributed by atoms with E-state index in [2.05, 4.69) is 10.2 Å². The summed E-state index contributed by atoms with van der Waals surface area (Å²) in [6, 6.07) is 9.38. The van der Waals surface area contributed by atoms with Crippen molar-refractivity contribution in [3.05, 3.63) is 65.6 Å². The van der Waals surface area contributed by atoms with Crippen LogP contribution in [0.1, 0.15) is 16.8 Å². The molecule has 4 N–H and O–H groups in total. The number of benzene rings is 1. The molecule has 8 nitrogen and oxygen atoms in total. The molecule has 3 aromatic rings. The van der Waals surface area contributed by atoms with E-state index in [-0.39, 0.29) is 12.6 Å². The fourth-order valence-electron chi connectivity index (χ4n) is 2.58. The van der Waals surface area contributed by atoms with Crippen LogP contribution in [0.5, 0.6) is 5.75 Å². The summed E-state index contributed by atoms with van der Waals surface area (Å²) in [7, 11) is 1.76. The Labute approximate surface area is 163 Å². The van der Waals surface area contributed by atoms with Gasteiger partial charge in [0.2, 0.25) is 5.96 Å². The van der Waals surface area contributed by atoms with Gasteiger partial charge in [0.25, 0.3) is 5.65 Å². The Morgan fingerprint density at radius 3 is 2.62 bits per heavy atom. The molecule has 0 atom stereocenters. The number of fused-ring (bicyclic) bond motifs is 1. The van der Waals surface area contributed by atoms with E-state index < -0.39 is 11.7 Å². The van der Waals surface area contributed by atoms with Gasteiger partial charge >= 0.3 is 6.18 Å². The summed E-state index contributed by atoms with van der Waals surface area (Å²) < 4.78 is 47.5. The number of ether oxygens (including phenoxy) is 1. The quantitative estimate of drug-likeness (QED) is 0.261. The smallest absolute Gasteiger partial charge is 0.419 e. The van der Waals surface area contributed by atoms with Gasteiger partial charge in [-0.1, -0.05) is 0 Å². The minimum atomic E-state index is -4.40. The first-order valence-corrected chi connectivity index (χ1v) is 8.34. The minimum absolute atomic E-state index is 0.177. The number of aromatic nitrogens is 2. The molecule has 3 rings (SSSR count). The van der Waals surface area contributed by atoms with Crippen molar-refractivity contribution in [1.82, 2.24) is 10.0 Å². The molecule has 0 saturated carbocycles. The number of imidazole rings is 1. The third-order valence-electron chi connectivity index (χ3n) is 4.10. The molecule has 152 valence electrons. The zero-order chi connectivity index (χ0) is 21.0. The standard InChI is InChI=1S/C18H18F3N6O2/c1-26-14(10-27-9-13(18(19,20)21)4-7-16(26)27)11-29-15-5-2-12(3-6-15)8-23-24-17(22)25-28/h2-10,28H,11H2,1H3,(H3,22,24,25)/q+1/b23-8+. The largest absolute Gasteiger partial charge is 0.485 e. The normalized spacial score (nSPS) is 12.7. The first-order valence-electron chi connectivity index (χ1n) is 8.34. The number of nitrogens with two attached hydrogens (primary N) is 1. The highest BCUT2D eigenvalue weighted by molar-refractivity contribution is 5.81. The van der Waals surface area contributed by atoms with Crippen molar-refractivity contribution in [3.63, 3.8) is 0 Å². The van der Waals surface area contributed by atoms with Gasteiger partial charge in [-0.2, -0.15) is 18.3 Å². The Bertz CT molecular complexity index is 1060. The Hall–Kier alpha value is -3.60. The Kier molecular flexibility index (Phi) is 5.69. The van der Waals surface area contributed by atoms with Gasteiger partial charge in [-0.15, -0.1) is 5.10 Å². The van der Waals surface area contributed by atoms with Crippen molar-refractivity contribution in [2.24, 2.45) is 23.0 Å². The number of hydrogen-bond acceptors (Lipinski definition) is 4. The van der Waals surface area contributed by atoms with Crippen LogP contribution in [-0.2, 0) is 19.8 Å². The van der Waals surface area contributed by atoms with E-state index in [1.165, 1.54) is 16.7 Å². The van der Waals surface area contributed by atoms with Gasteiger partial charge in [-0.3, -0.25) is 5.21 Å². The second-order valence-electron chi connectivity index (χ2n) is 6.06. The van der Waals surface area contributed by atoms with E-state index in [1.807, 2.05) is 0 Å². The summed E-state index contributed by atoms with van der Waals surface area (Å²) in [6.07, 6.45) is -0.311. The number of hydrogen-bond donors (Lipinski definition) is 3. The minimum Gasteiger partial charge on any atom is -0.485 e. The molecule has 2 heterocycles. The molecule has 0 aliphatic heterocycles. The Morgan fingerprint density at radius 2 is 1.97 bits per heavy atom. The van der Waals surface area contributed by atoms with Gasteiger partial charge in [0.1, 0.15) is 18.1 Å². The number of aryl methyl sites for hydroxylation is 1. The lowest BCUT2D eigenvalue weighted by Crippen LogP contribution is -2.27. The summed E-state index contributed by atoms with van der Waals surface area (Å²) in [5, 5.41) is 15.7. The molecule has 0 aliphatic rings. The second kappa shape index (κ2) is 8.19. The Balaban J connectivity index is 1.69. The van der Waals surface area contributed by atoms with E-state index in [9.17, 15) is 13.2 Å². The van der Waals surface area contributed by atoms with Gasteiger partial charge in [0.15, 0.2) is 12.3 Å². The lowest BCUT2D eigenvalue weighted by Gasteiger charge is -2.04. The van der Waals surface area contributed by atoms with Crippen molar-refractivity contribution in [2.75, 3.05) is 0 Å². The van der Waals surface area contributed by atoms with Crippen LogP contribution in [0.2, 0.25) is 0 Å². The number of rotatable bonds is 5.